The molecule has 7 unspecified atom stereocenters. The van der Waals surface area contributed by atoms with Gasteiger partial charge in [-0.05, 0) is 69.1 Å². The molecule has 3 heterocycles. The Morgan fingerprint density at radius 1 is 1.17 bits per heavy atom. The number of carbonyl (C=O) groups excluding carboxylic acids is 2. The van der Waals surface area contributed by atoms with Crippen LogP contribution < -0.4 is 5.32 Å². The van der Waals surface area contributed by atoms with Crippen molar-refractivity contribution < 1.29 is 28.7 Å². The van der Waals surface area contributed by atoms with Gasteiger partial charge < -0.3 is 29.3 Å². The molecule has 2 saturated carbocycles. The van der Waals surface area contributed by atoms with Crippen LogP contribution in [0.2, 0.25) is 0 Å². The van der Waals surface area contributed by atoms with E-state index in [1.54, 1.807) is 13.0 Å². The van der Waals surface area contributed by atoms with Crippen LogP contribution in [-0.2, 0) is 14.3 Å². The molecule has 0 radical (unpaired) electrons. The molecule has 9 nitrogen and oxygen atoms in total. The van der Waals surface area contributed by atoms with Gasteiger partial charge >= 0.3 is 0 Å². The number of hydrogen-bond donors (Lipinski definition) is 2. The van der Waals surface area contributed by atoms with Crippen molar-refractivity contribution in [2.75, 3.05) is 26.2 Å². The standard InChI is InChI=1S/C27H41N3O6/c1-17-13-19(29-36-17)25(33)28-15-24-34-16-27(3)21-8-7-20(31)18(26(21,2)10-9-22(27)35-24)14-23(32)30-11-5-4-6-12-30/h13,18,20-22,24,31H,4-12,14-16H2,1-3H3,(H,28,33). The highest BCUT2D eigenvalue weighted by atomic mass is 16.7. The molecule has 4 aliphatic rings. The summed E-state index contributed by atoms with van der Waals surface area (Å²) in [7, 11) is 0. The summed E-state index contributed by atoms with van der Waals surface area (Å²) in [6.07, 6.45) is 6.17. The second-order valence-electron chi connectivity index (χ2n) is 11.9. The summed E-state index contributed by atoms with van der Waals surface area (Å²) >= 11 is 0. The Morgan fingerprint density at radius 3 is 2.67 bits per heavy atom. The predicted molar refractivity (Wildman–Crippen MR) is 131 cm³/mol. The average Bonchev–Trinajstić information content (AvgIpc) is 3.31. The lowest BCUT2D eigenvalue weighted by atomic mass is 9.46. The second kappa shape index (κ2) is 10.1. The van der Waals surface area contributed by atoms with Crippen LogP contribution in [0.15, 0.2) is 10.6 Å². The predicted octanol–water partition coefficient (Wildman–Crippen LogP) is 3.05. The summed E-state index contributed by atoms with van der Waals surface area (Å²) < 4.78 is 17.5. The van der Waals surface area contributed by atoms with E-state index in [1.807, 2.05) is 4.90 Å². The van der Waals surface area contributed by atoms with Crippen LogP contribution >= 0.6 is 0 Å². The third-order valence-electron chi connectivity index (χ3n) is 9.62. The second-order valence-corrected chi connectivity index (χ2v) is 11.9. The minimum atomic E-state index is -0.518. The fourth-order valence-corrected chi connectivity index (χ4v) is 7.59. The zero-order valence-electron chi connectivity index (χ0n) is 21.8. The first-order chi connectivity index (χ1) is 17.2. The van der Waals surface area contributed by atoms with Gasteiger partial charge in [0.15, 0.2) is 12.0 Å². The molecule has 36 heavy (non-hydrogen) atoms. The van der Waals surface area contributed by atoms with E-state index in [2.05, 4.69) is 24.3 Å². The topological polar surface area (TPSA) is 114 Å². The average molecular weight is 504 g/mol. The molecule has 4 fully saturated rings. The van der Waals surface area contributed by atoms with Crippen LogP contribution in [0.5, 0.6) is 0 Å². The van der Waals surface area contributed by atoms with Crippen molar-refractivity contribution in [3.63, 3.8) is 0 Å². The Labute approximate surface area is 213 Å². The molecule has 2 amide bonds. The number of aromatic nitrogens is 1. The molecule has 1 aromatic rings. The van der Waals surface area contributed by atoms with E-state index in [1.165, 1.54) is 6.42 Å². The monoisotopic (exact) mass is 503 g/mol. The Bertz CT molecular complexity index is 961. The van der Waals surface area contributed by atoms with Gasteiger partial charge in [-0.1, -0.05) is 19.0 Å². The maximum atomic E-state index is 13.2. The number of likely N-dealkylation sites (tertiary alicyclic amines) is 1. The van der Waals surface area contributed by atoms with Crippen molar-refractivity contribution in [1.29, 1.82) is 0 Å². The molecule has 2 saturated heterocycles. The molecule has 9 heteroatoms. The van der Waals surface area contributed by atoms with Gasteiger partial charge in [-0.3, -0.25) is 9.59 Å². The zero-order valence-corrected chi connectivity index (χ0v) is 21.8. The summed E-state index contributed by atoms with van der Waals surface area (Å²) in [6, 6.07) is 1.60. The molecule has 2 N–H and O–H groups in total. The number of aliphatic hydroxyl groups excluding tert-OH is 1. The van der Waals surface area contributed by atoms with Gasteiger partial charge in [0.25, 0.3) is 5.91 Å². The van der Waals surface area contributed by atoms with Crippen LogP contribution in [0.1, 0.15) is 81.5 Å². The van der Waals surface area contributed by atoms with Crippen molar-refractivity contribution in [3.8, 4) is 0 Å². The normalized spacial score (nSPS) is 38.7. The lowest BCUT2D eigenvalue weighted by Crippen LogP contribution is -2.63. The van der Waals surface area contributed by atoms with E-state index in [4.69, 9.17) is 14.0 Å². The number of ether oxygens (including phenoxy) is 2. The molecule has 7 atom stereocenters. The van der Waals surface area contributed by atoms with E-state index in [0.29, 0.717) is 31.1 Å². The number of piperidine rings is 1. The fourth-order valence-electron chi connectivity index (χ4n) is 7.59. The molecular weight excluding hydrogens is 462 g/mol. The lowest BCUT2D eigenvalue weighted by Gasteiger charge is -2.63. The summed E-state index contributed by atoms with van der Waals surface area (Å²) in [5.74, 6) is 0.708. The highest BCUT2D eigenvalue weighted by Gasteiger charge is 2.61. The largest absolute Gasteiger partial charge is 0.393 e. The summed E-state index contributed by atoms with van der Waals surface area (Å²) in [5.41, 5.74) is -0.108. The number of nitrogens with zero attached hydrogens (tertiary/aromatic N) is 2. The number of nitrogens with one attached hydrogen (secondary N) is 1. The minimum Gasteiger partial charge on any atom is -0.393 e. The Balaban J connectivity index is 1.23. The third-order valence-corrected chi connectivity index (χ3v) is 9.62. The van der Waals surface area contributed by atoms with Crippen LogP contribution in [-0.4, -0.2) is 71.7 Å². The molecule has 200 valence electrons. The van der Waals surface area contributed by atoms with Crippen LogP contribution in [0.25, 0.3) is 0 Å². The smallest absolute Gasteiger partial charge is 0.273 e. The van der Waals surface area contributed by atoms with E-state index in [9.17, 15) is 14.7 Å². The maximum Gasteiger partial charge on any atom is 0.273 e. The van der Waals surface area contributed by atoms with Gasteiger partial charge in [0.2, 0.25) is 5.91 Å². The Hall–Kier alpha value is -1.97. The van der Waals surface area contributed by atoms with Crippen molar-refractivity contribution in [2.45, 2.75) is 90.6 Å². The van der Waals surface area contributed by atoms with Gasteiger partial charge in [-0.15, -0.1) is 0 Å². The maximum absolute atomic E-state index is 13.2. The van der Waals surface area contributed by atoms with E-state index < -0.39 is 12.4 Å². The van der Waals surface area contributed by atoms with Crippen molar-refractivity contribution in [2.24, 2.45) is 22.7 Å². The molecule has 0 aromatic carbocycles. The molecule has 0 bridgehead atoms. The van der Waals surface area contributed by atoms with Gasteiger partial charge in [0, 0.05) is 31.0 Å². The number of rotatable bonds is 5. The fraction of sp³-hybridized carbons (Fsp3) is 0.815. The van der Waals surface area contributed by atoms with Gasteiger partial charge in [0.05, 0.1) is 25.4 Å². The molecule has 1 aromatic heterocycles. The first kappa shape index (κ1) is 25.7. The molecule has 2 aliphatic heterocycles. The van der Waals surface area contributed by atoms with Crippen molar-refractivity contribution >= 4 is 11.8 Å². The number of fused-ring (bicyclic) bond motifs is 3. The van der Waals surface area contributed by atoms with E-state index in [0.717, 1.165) is 45.2 Å². The minimum absolute atomic E-state index is 0.00853. The summed E-state index contributed by atoms with van der Waals surface area (Å²) in [4.78, 5) is 27.5. The number of aliphatic hydroxyl groups is 1. The molecule has 2 aliphatic carbocycles. The summed E-state index contributed by atoms with van der Waals surface area (Å²) in [6.45, 7) is 8.73. The van der Waals surface area contributed by atoms with Crippen molar-refractivity contribution in [1.82, 2.24) is 15.4 Å². The van der Waals surface area contributed by atoms with Crippen LogP contribution in [0.4, 0.5) is 0 Å². The SMILES string of the molecule is Cc1cc(C(=O)NCC2OCC3(C)C(CCC4(C)C(CC(=O)N5CCCCC5)C(O)CCC34)O2)no1. The molecule has 0 spiro atoms. The quantitative estimate of drug-likeness (QED) is 0.635. The van der Waals surface area contributed by atoms with Crippen LogP contribution in [0.3, 0.4) is 0 Å². The Kier molecular flexibility index (Phi) is 7.18. The van der Waals surface area contributed by atoms with Gasteiger partial charge in [-0.25, -0.2) is 0 Å². The number of hydrogen-bond acceptors (Lipinski definition) is 7. The highest BCUT2D eigenvalue weighted by molar-refractivity contribution is 5.92. The van der Waals surface area contributed by atoms with Crippen LogP contribution in [0, 0.1) is 29.6 Å². The van der Waals surface area contributed by atoms with E-state index >= 15 is 0 Å². The number of aryl methyl sites for hydroxylation is 1. The van der Waals surface area contributed by atoms with Crippen molar-refractivity contribution in [3.05, 3.63) is 17.5 Å². The van der Waals surface area contributed by atoms with Gasteiger partial charge in [0.1, 0.15) is 5.76 Å². The summed E-state index contributed by atoms with van der Waals surface area (Å²) in [5, 5.41) is 17.7. The third kappa shape index (κ3) is 4.70. The first-order valence-electron chi connectivity index (χ1n) is 13.6. The molecular formula is C27H41N3O6. The lowest BCUT2D eigenvalue weighted by molar-refractivity contribution is -0.306. The number of amides is 2. The van der Waals surface area contributed by atoms with E-state index in [-0.39, 0.29) is 46.9 Å². The Morgan fingerprint density at radius 2 is 1.94 bits per heavy atom. The number of carbonyl (C=O) groups is 2. The first-order valence-corrected chi connectivity index (χ1v) is 13.6. The zero-order chi connectivity index (χ0) is 25.5. The highest BCUT2D eigenvalue weighted by Crippen LogP contribution is 2.62. The van der Waals surface area contributed by atoms with Gasteiger partial charge in [-0.2, -0.15) is 0 Å². The molecule has 5 rings (SSSR count).